The van der Waals surface area contributed by atoms with E-state index in [1.165, 1.54) is 23.0 Å². The summed E-state index contributed by atoms with van der Waals surface area (Å²) in [5.74, 6) is -1.23. The summed E-state index contributed by atoms with van der Waals surface area (Å²) in [6.07, 6.45) is 1.41. The third kappa shape index (κ3) is 7.13. The molecule has 0 atom stereocenters. The van der Waals surface area contributed by atoms with E-state index in [1.54, 1.807) is 6.07 Å². The molecular weight excluding hydrogens is 659 g/mol. The molecule has 0 fully saturated rings. The van der Waals surface area contributed by atoms with Crippen molar-refractivity contribution in [2.75, 3.05) is 9.80 Å². The largest absolute Gasteiger partial charge is 0.477 e. The lowest BCUT2D eigenvalue weighted by molar-refractivity contribution is -0.132. The van der Waals surface area contributed by atoms with Gasteiger partial charge in [-0.3, -0.25) is 0 Å². The minimum absolute atomic E-state index is 0.284. The molecule has 252 valence electrons. The number of rotatable bonds is 10. The van der Waals surface area contributed by atoms with Crippen LogP contribution in [0.15, 0.2) is 169 Å². The second-order valence-corrected chi connectivity index (χ2v) is 13.5. The van der Waals surface area contributed by atoms with Crippen molar-refractivity contribution < 1.29 is 9.90 Å². The van der Waals surface area contributed by atoms with Crippen molar-refractivity contribution in [3.05, 3.63) is 185 Å². The summed E-state index contributed by atoms with van der Waals surface area (Å²) in [5, 5.41) is 18.4. The Morgan fingerprint density at radius 1 is 0.577 bits per heavy atom. The molecule has 7 rings (SSSR count). The molecule has 1 aromatic heterocycles. The summed E-state index contributed by atoms with van der Waals surface area (Å²) in [6, 6.07) is 58.5. The summed E-state index contributed by atoms with van der Waals surface area (Å²) < 4.78 is 0. The van der Waals surface area contributed by atoms with Gasteiger partial charge in [-0.25, -0.2) is 4.79 Å². The second kappa shape index (κ2) is 15.1. The number of hydrogen-bond acceptors (Lipinski definition) is 5. The maximum Gasteiger partial charge on any atom is 0.346 e. The lowest BCUT2D eigenvalue weighted by Gasteiger charge is -2.28. The van der Waals surface area contributed by atoms with Crippen molar-refractivity contribution in [3.8, 4) is 27.6 Å². The lowest BCUT2D eigenvalue weighted by atomic mass is 9.98. The predicted octanol–water partition coefficient (Wildman–Crippen LogP) is 12.6. The zero-order valence-electron chi connectivity index (χ0n) is 28.8. The number of nitriles is 1. The fourth-order valence-electron chi connectivity index (χ4n) is 6.40. The molecule has 0 spiro atoms. The fourth-order valence-corrected chi connectivity index (χ4v) is 7.36. The van der Waals surface area contributed by atoms with Gasteiger partial charge in [0.05, 0.1) is 0 Å². The highest BCUT2D eigenvalue weighted by atomic mass is 32.1. The average Bonchev–Trinajstić information content (AvgIpc) is 3.65. The number of carboxylic acids is 1. The number of aliphatic carboxylic acids is 1. The average molecular weight is 694 g/mol. The third-order valence-corrected chi connectivity index (χ3v) is 10.0. The van der Waals surface area contributed by atoms with Crippen LogP contribution in [0.1, 0.15) is 16.0 Å². The Bertz CT molecular complexity index is 2370. The lowest BCUT2D eigenvalue weighted by Crippen LogP contribution is -2.11. The molecular formula is C46H35N3O2S. The zero-order valence-corrected chi connectivity index (χ0v) is 29.6. The van der Waals surface area contributed by atoms with E-state index in [0.29, 0.717) is 4.88 Å². The number of thiophene rings is 1. The van der Waals surface area contributed by atoms with Crippen molar-refractivity contribution in [1.82, 2.24) is 0 Å². The number of anilines is 6. The number of para-hydroxylation sites is 3. The van der Waals surface area contributed by atoms with E-state index in [0.717, 1.165) is 61.3 Å². The highest BCUT2D eigenvalue weighted by molar-refractivity contribution is 7.16. The molecule has 7 aromatic rings. The van der Waals surface area contributed by atoms with Crippen molar-refractivity contribution in [1.29, 1.82) is 5.26 Å². The Morgan fingerprint density at radius 2 is 1.00 bits per heavy atom. The molecule has 0 aliphatic carbocycles. The Labute approximate surface area is 308 Å². The Kier molecular flexibility index (Phi) is 9.79. The first kappa shape index (κ1) is 33.8. The summed E-state index contributed by atoms with van der Waals surface area (Å²) in [5.41, 5.74) is 11.9. The summed E-state index contributed by atoms with van der Waals surface area (Å²) in [4.78, 5) is 17.6. The molecule has 0 aliphatic rings. The van der Waals surface area contributed by atoms with E-state index in [9.17, 15) is 9.90 Å². The van der Waals surface area contributed by atoms with Crippen LogP contribution in [-0.2, 0) is 4.79 Å². The van der Waals surface area contributed by atoms with Crippen LogP contribution >= 0.6 is 11.3 Å². The van der Waals surface area contributed by atoms with Crippen molar-refractivity contribution in [2.45, 2.75) is 13.8 Å². The first-order valence-electron chi connectivity index (χ1n) is 16.9. The first-order valence-corrected chi connectivity index (χ1v) is 17.7. The van der Waals surface area contributed by atoms with Crippen LogP contribution in [0.5, 0.6) is 0 Å². The van der Waals surface area contributed by atoms with Gasteiger partial charge in [-0.15, -0.1) is 11.3 Å². The summed E-state index contributed by atoms with van der Waals surface area (Å²) in [6.45, 7) is 4.33. The summed E-state index contributed by atoms with van der Waals surface area (Å²) >= 11 is 1.45. The van der Waals surface area contributed by atoms with Crippen LogP contribution in [0.25, 0.3) is 27.6 Å². The number of nitrogens with zero attached hydrogens (tertiary/aromatic N) is 3. The van der Waals surface area contributed by atoms with Crippen LogP contribution in [0.4, 0.5) is 34.1 Å². The first-order chi connectivity index (χ1) is 25.4. The molecule has 6 aromatic carbocycles. The Balaban J connectivity index is 1.20. The molecule has 0 saturated heterocycles. The van der Waals surface area contributed by atoms with E-state index in [4.69, 9.17) is 5.26 Å². The van der Waals surface area contributed by atoms with Gasteiger partial charge in [-0.05, 0) is 133 Å². The zero-order chi connectivity index (χ0) is 36.0. The topological polar surface area (TPSA) is 67.6 Å². The van der Waals surface area contributed by atoms with Crippen LogP contribution in [0.2, 0.25) is 0 Å². The maximum absolute atomic E-state index is 11.3. The maximum atomic E-state index is 11.3. The number of carbonyl (C=O) groups is 1. The molecule has 0 bridgehead atoms. The molecule has 0 aliphatic heterocycles. The van der Waals surface area contributed by atoms with Gasteiger partial charge in [0.2, 0.25) is 0 Å². The SMILES string of the molecule is Cc1cc(-c2ccc(N(c3ccccc3)c3ccc(-c4ccc(/C=C(/C#N)C(=O)O)s4)cc3)c(C)c2)ccc1N(c1ccccc1)c1ccccc1. The number of benzene rings is 6. The predicted molar refractivity (Wildman–Crippen MR) is 215 cm³/mol. The molecule has 0 unspecified atom stereocenters. The van der Waals surface area contributed by atoms with Crippen LogP contribution in [0.3, 0.4) is 0 Å². The second-order valence-electron chi connectivity index (χ2n) is 12.4. The van der Waals surface area contributed by atoms with Gasteiger partial charge in [0.15, 0.2) is 0 Å². The van der Waals surface area contributed by atoms with Gasteiger partial charge in [-0.1, -0.05) is 78.9 Å². The van der Waals surface area contributed by atoms with Crippen molar-refractivity contribution in [3.63, 3.8) is 0 Å². The van der Waals surface area contributed by atoms with Crippen LogP contribution in [0, 0.1) is 25.2 Å². The van der Waals surface area contributed by atoms with E-state index in [1.807, 2.05) is 42.5 Å². The summed E-state index contributed by atoms with van der Waals surface area (Å²) in [7, 11) is 0. The van der Waals surface area contributed by atoms with E-state index in [2.05, 4.69) is 145 Å². The molecule has 0 radical (unpaired) electrons. The molecule has 1 N–H and O–H groups in total. The molecule has 0 amide bonds. The standard InChI is InChI=1S/C46H35N3O2S/c1-32-28-35(20-25-43(32)48(38-12-6-3-7-13-38)39-14-8-4-9-15-39)36-21-26-44(33(2)29-36)49(40-16-10-5-11-17-40)41-22-18-34(19-23-41)45-27-24-42(52-45)30-37(31-47)46(50)51/h3-30H,1-2H3,(H,50,51)/b37-30-. The monoisotopic (exact) mass is 693 g/mol. The molecule has 52 heavy (non-hydrogen) atoms. The molecule has 6 heteroatoms. The number of carboxylic acid groups (broad SMARTS) is 1. The highest BCUT2D eigenvalue weighted by Crippen LogP contribution is 2.41. The fraction of sp³-hybridized carbons (Fsp3) is 0.0435. The van der Waals surface area contributed by atoms with E-state index in [-0.39, 0.29) is 5.57 Å². The van der Waals surface area contributed by atoms with Gasteiger partial charge < -0.3 is 14.9 Å². The van der Waals surface area contributed by atoms with E-state index < -0.39 is 5.97 Å². The van der Waals surface area contributed by atoms with Crippen molar-refractivity contribution >= 4 is 57.5 Å². The Hall–Kier alpha value is -6.68. The third-order valence-electron chi connectivity index (χ3n) is 8.93. The smallest absolute Gasteiger partial charge is 0.346 e. The van der Waals surface area contributed by atoms with Gasteiger partial charge in [0, 0.05) is 43.9 Å². The van der Waals surface area contributed by atoms with Gasteiger partial charge in [0.25, 0.3) is 0 Å². The Morgan fingerprint density at radius 3 is 1.40 bits per heavy atom. The van der Waals surface area contributed by atoms with Gasteiger partial charge in [0.1, 0.15) is 11.6 Å². The quantitative estimate of drug-likeness (QED) is 0.114. The van der Waals surface area contributed by atoms with Crippen molar-refractivity contribution in [2.24, 2.45) is 0 Å². The van der Waals surface area contributed by atoms with Gasteiger partial charge in [-0.2, -0.15) is 5.26 Å². The number of hydrogen-bond donors (Lipinski definition) is 1. The highest BCUT2D eigenvalue weighted by Gasteiger charge is 2.18. The van der Waals surface area contributed by atoms with Gasteiger partial charge >= 0.3 is 5.97 Å². The number of aryl methyl sites for hydroxylation is 2. The van der Waals surface area contributed by atoms with Crippen LogP contribution < -0.4 is 9.80 Å². The molecule has 0 saturated carbocycles. The minimum atomic E-state index is -1.23. The van der Waals surface area contributed by atoms with E-state index >= 15 is 0 Å². The molecule has 1 heterocycles. The molecule has 5 nitrogen and oxygen atoms in total. The minimum Gasteiger partial charge on any atom is -0.477 e. The normalized spacial score (nSPS) is 11.1. The van der Waals surface area contributed by atoms with Crippen LogP contribution in [-0.4, -0.2) is 11.1 Å².